The van der Waals surface area contributed by atoms with Gasteiger partial charge >= 0.3 is 0 Å². The predicted molar refractivity (Wildman–Crippen MR) is 79.8 cm³/mol. The third kappa shape index (κ3) is 2.79. The number of aromatic nitrogens is 2. The molecule has 21 heavy (non-hydrogen) atoms. The maximum absolute atomic E-state index is 12.6. The van der Waals surface area contributed by atoms with E-state index in [0.29, 0.717) is 5.92 Å². The number of nitrogen functional groups attached to an aromatic ring is 1. The minimum absolute atomic E-state index is 0.0177. The van der Waals surface area contributed by atoms with E-state index in [1.165, 1.54) is 10.9 Å². The van der Waals surface area contributed by atoms with Crippen LogP contribution >= 0.6 is 0 Å². The number of sulfonamides is 1. The van der Waals surface area contributed by atoms with Gasteiger partial charge in [0.1, 0.15) is 0 Å². The Morgan fingerprint density at radius 2 is 2.00 bits per heavy atom. The van der Waals surface area contributed by atoms with E-state index in [4.69, 9.17) is 5.73 Å². The van der Waals surface area contributed by atoms with E-state index in [2.05, 4.69) is 9.71 Å². The topological polar surface area (TPSA) is 90.0 Å². The van der Waals surface area contributed by atoms with E-state index in [9.17, 15) is 8.42 Å². The maximum atomic E-state index is 12.6. The van der Waals surface area contributed by atoms with E-state index in [1.54, 1.807) is 7.05 Å². The fourth-order valence-corrected chi connectivity index (χ4v) is 4.04. The number of imidazole rings is 1. The molecule has 1 aliphatic rings. The molecule has 0 spiro atoms. The van der Waals surface area contributed by atoms with Crippen LogP contribution in [0.25, 0.3) is 0 Å². The molecule has 6 nitrogen and oxygen atoms in total. The fraction of sp³-hybridized carbons (Fsp3) is 0.357. The summed E-state index contributed by atoms with van der Waals surface area (Å²) in [6, 6.07) is 9.41. The molecule has 1 aromatic heterocycles. The van der Waals surface area contributed by atoms with Gasteiger partial charge in [0.15, 0.2) is 10.8 Å². The molecule has 1 unspecified atom stereocenters. The molecule has 1 aliphatic carbocycles. The molecule has 3 rings (SSSR count). The van der Waals surface area contributed by atoms with Crippen molar-refractivity contribution in [3.63, 3.8) is 0 Å². The lowest BCUT2D eigenvalue weighted by Gasteiger charge is -2.19. The molecular weight excluding hydrogens is 288 g/mol. The summed E-state index contributed by atoms with van der Waals surface area (Å²) in [7, 11) is -2.09. The van der Waals surface area contributed by atoms with E-state index in [-0.39, 0.29) is 16.9 Å². The molecule has 7 heteroatoms. The van der Waals surface area contributed by atoms with Crippen LogP contribution in [0, 0.1) is 5.92 Å². The van der Waals surface area contributed by atoms with Gasteiger partial charge in [-0.05, 0) is 24.3 Å². The average molecular weight is 306 g/mol. The zero-order valence-electron chi connectivity index (χ0n) is 11.7. The third-order valence-corrected chi connectivity index (χ3v) is 5.27. The summed E-state index contributed by atoms with van der Waals surface area (Å²) in [6.07, 6.45) is 3.46. The van der Waals surface area contributed by atoms with Crippen molar-refractivity contribution in [2.24, 2.45) is 13.0 Å². The van der Waals surface area contributed by atoms with Gasteiger partial charge < -0.3 is 10.3 Å². The first-order valence-corrected chi connectivity index (χ1v) is 8.31. The minimum Gasteiger partial charge on any atom is -0.381 e. The Bertz CT molecular complexity index is 716. The number of anilines is 1. The highest BCUT2D eigenvalue weighted by Gasteiger charge is 2.36. The molecule has 1 atom stereocenters. The highest BCUT2D eigenvalue weighted by molar-refractivity contribution is 7.89. The molecule has 0 amide bonds. The van der Waals surface area contributed by atoms with Crippen molar-refractivity contribution in [3.8, 4) is 0 Å². The minimum atomic E-state index is -3.71. The van der Waals surface area contributed by atoms with Gasteiger partial charge in [0.2, 0.25) is 0 Å². The smallest absolute Gasteiger partial charge is 0.260 e. The van der Waals surface area contributed by atoms with Crippen LogP contribution in [0.3, 0.4) is 0 Å². The first-order valence-electron chi connectivity index (χ1n) is 6.83. The molecule has 0 radical (unpaired) electrons. The van der Waals surface area contributed by atoms with Crippen LogP contribution in [0.15, 0.2) is 41.7 Å². The van der Waals surface area contributed by atoms with Gasteiger partial charge in [0.05, 0.1) is 6.33 Å². The van der Waals surface area contributed by atoms with Crippen LogP contribution in [0.2, 0.25) is 0 Å². The molecule has 0 bridgehead atoms. The molecule has 1 aromatic carbocycles. The number of hydrogen-bond donors (Lipinski definition) is 2. The Kier molecular flexibility index (Phi) is 3.46. The highest BCUT2D eigenvalue weighted by atomic mass is 32.2. The van der Waals surface area contributed by atoms with Crippen LogP contribution in [0.4, 0.5) is 5.82 Å². The molecule has 0 saturated heterocycles. The lowest BCUT2D eigenvalue weighted by molar-refractivity contribution is 0.523. The summed E-state index contributed by atoms with van der Waals surface area (Å²) in [5.41, 5.74) is 6.66. The number of hydrogen-bond acceptors (Lipinski definition) is 4. The molecule has 1 saturated carbocycles. The third-order valence-electron chi connectivity index (χ3n) is 3.70. The van der Waals surface area contributed by atoms with Crippen molar-refractivity contribution in [1.82, 2.24) is 14.3 Å². The summed E-state index contributed by atoms with van der Waals surface area (Å²) in [6.45, 7) is 0. The highest BCUT2D eigenvalue weighted by Crippen LogP contribution is 2.41. The standard InChI is InChI=1S/C14H18N4O2S/c1-18-9-16-13(15)14(18)21(19,20)17-12(11-7-8-11)10-5-3-2-4-6-10/h2-6,9,11-12,17H,7-8,15H2,1H3. The Morgan fingerprint density at radius 3 is 2.52 bits per heavy atom. The van der Waals surface area contributed by atoms with Gasteiger partial charge in [0, 0.05) is 13.1 Å². The van der Waals surface area contributed by atoms with Crippen LogP contribution in [0.1, 0.15) is 24.4 Å². The Labute approximate surface area is 124 Å². The van der Waals surface area contributed by atoms with Gasteiger partial charge in [-0.2, -0.15) is 0 Å². The zero-order valence-corrected chi connectivity index (χ0v) is 12.5. The number of nitrogens with two attached hydrogens (primary N) is 1. The number of nitrogens with one attached hydrogen (secondary N) is 1. The number of benzene rings is 1. The summed E-state index contributed by atoms with van der Waals surface area (Å²) < 4.78 is 29.4. The van der Waals surface area contributed by atoms with Gasteiger partial charge in [0.25, 0.3) is 10.0 Å². The Balaban J connectivity index is 1.93. The normalized spacial score (nSPS) is 16.8. The zero-order chi connectivity index (χ0) is 15.0. The van der Waals surface area contributed by atoms with Gasteiger partial charge in [-0.1, -0.05) is 30.3 Å². The molecule has 3 N–H and O–H groups in total. The first kappa shape index (κ1) is 14.1. The summed E-state index contributed by atoms with van der Waals surface area (Å²) >= 11 is 0. The fourth-order valence-electron chi connectivity index (χ4n) is 2.51. The van der Waals surface area contributed by atoms with Crippen LogP contribution < -0.4 is 10.5 Å². The number of nitrogens with zero attached hydrogens (tertiary/aromatic N) is 2. The van der Waals surface area contributed by atoms with Gasteiger partial charge in [-0.3, -0.25) is 0 Å². The molecule has 0 aliphatic heterocycles. The molecule has 1 heterocycles. The SMILES string of the molecule is Cn1cnc(N)c1S(=O)(=O)NC(c1ccccc1)C1CC1. The average Bonchev–Trinajstić information content (AvgIpc) is 3.23. The summed E-state index contributed by atoms with van der Waals surface area (Å²) in [5, 5.41) is 0.0177. The second-order valence-corrected chi connectivity index (χ2v) is 7.02. The van der Waals surface area contributed by atoms with E-state index >= 15 is 0 Å². The quantitative estimate of drug-likeness (QED) is 0.874. The van der Waals surface area contributed by atoms with Crippen molar-refractivity contribution >= 4 is 15.8 Å². The van der Waals surface area contributed by atoms with E-state index in [1.807, 2.05) is 30.3 Å². The lowest BCUT2D eigenvalue weighted by Crippen LogP contribution is -2.31. The van der Waals surface area contributed by atoms with Crippen molar-refractivity contribution in [2.75, 3.05) is 5.73 Å². The second kappa shape index (κ2) is 5.16. The lowest BCUT2D eigenvalue weighted by atomic mass is 10.0. The van der Waals surface area contributed by atoms with Crippen molar-refractivity contribution < 1.29 is 8.42 Å². The van der Waals surface area contributed by atoms with Crippen LogP contribution in [-0.2, 0) is 17.1 Å². The summed E-state index contributed by atoms with van der Waals surface area (Å²) in [4.78, 5) is 3.84. The van der Waals surface area contributed by atoms with Gasteiger partial charge in [-0.25, -0.2) is 18.1 Å². The van der Waals surface area contributed by atoms with E-state index in [0.717, 1.165) is 18.4 Å². The number of rotatable bonds is 5. The van der Waals surface area contributed by atoms with Gasteiger partial charge in [-0.15, -0.1) is 0 Å². The Morgan fingerprint density at radius 1 is 1.33 bits per heavy atom. The van der Waals surface area contributed by atoms with Crippen LogP contribution in [0.5, 0.6) is 0 Å². The van der Waals surface area contributed by atoms with Crippen molar-refractivity contribution in [3.05, 3.63) is 42.2 Å². The predicted octanol–water partition coefficient (Wildman–Crippen LogP) is 1.43. The molecule has 1 fully saturated rings. The Hall–Kier alpha value is -1.86. The first-order chi connectivity index (χ1) is 9.99. The molecule has 2 aromatic rings. The van der Waals surface area contributed by atoms with E-state index < -0.39 is 10.0 Å². The monoisotopic (exact) mass is 306 g/mol. The van der Waals surface area contributed by atoms with Crippen molar-refractivity contribution in [1.29, 1.82) is 0 Å². The number of aryl methyl sites for hydroxylation is 1. The summed E-state index contributed by atoms with van der Waals surface area (Å²) in [5.74, 6) is 0.365. The largest absolute Gasteiger partial charge is 0.381 e. The maximum Gasteiger partial charge on any atom is 0.260 e. The molecular formula is C14H18N4O2S. The molecule has 112 valence electrons. The van der Waals surface area contributed by atoms with Crippen molar-refractivity contribution in [2.45, 2.75) is 23.9 Å². The second-order valence-electron chi connectivity index (χ2n) is 5.39. The van der Waals surface area contributed by atoms with Crippen LogP contribution in [-0.4, -0.2) is 18.0 Å².